The van der Waals surface area contributed by atoms with Crippen LogP contribution in [0.15, 0.2) is 30.3 Å². The zero-order chi connectivity index (χ0) is 27.2. The van der Waals surface area contributed by atoms with Gasteiger partial charge in [0.2, 0.25) is 11.5 Å². The fourth-order valence-electron chi connectivity index (χ4n) is 4.31. The van der Waals surface area contributed by atoms with E-state index in [9.17, 15) is 50.4 Å². The van der Waals surface area contributed by atoms with Gasteiger partial charge in [-0.1, -0.05) is 6.92 Å². The van der Waals surface area contributed by atoms with Crippen molar-refractivity contribution >= 4 is 11.9 Å². The highest BCUT2D eigenvalue weighted by atomic mass is 16.5. The maximum atomic E-state index is 12.0. The number of benzene rings is 3. The number of aromatic carboxylic acids is 1. The van der Waals surface area contributed by atoms with Gasteiger partial charge in [0.05, 0.1) is 5.56 Å². The molecule has 1 aliphatic rings. The summed E-state index contributed by atoms with van der Waals surface area (Å²) in [6.45, 7) is 1.51. The molecule has 37 heavy (non-hydrogen) atoms. The predicted octanol–water partition coefficient (Wildman–Crippen LogP) is 3.10. The number of carbonyl (C=O) groups excluding carboxylic acids is 1. The fourth-order valence-corrected chi connectivity index (χ4v) is 4.31. The quantitative estimate of drug-likeness (QED) is 0.140. The highest BCUT2D eigenvalue weighted by Gasteiger charge is 2.40. The Labute approximate surface area is 208 Å². The summed E-state index contributed by atoms with van der Waals surface area (Å²) in [6, 6.07) is 5.11. The standard InChI is InChI=1S/C25H22O12/c1-2-19(31)37-24-16(29)3-9(4-17(24)30)23-12(7-11-14(27)5-10(26)6-18(11)36-23)20-13(25(34)35)8-15(28)21(32)22(20)33/h3-6,8,12,23,26-30,32-33H,2,7H2,1H3,(H,34,35)/t12?,23-/m0/s1. The molecule has 12 heteroatoms. The molecule has 2 atom stereocenters. The van der Waals surface area contributed by atoms with Crippen LogP contribution in [0.25, 0.3) is 0 Å². The van der Waals surface area contributed by atoms with Gasteiger partial charge < -0.3 is 50.3 Å². The number of fused-ring (bicyclic) bond motifs is 1. The fraction of sp³-hybridized carbons (Fsp3) is 0.200. The Kier molecular flexibility index (Phi) is 6.26. The third-order valence-electron chi connectivity index (χ3n) is 6.01. The zero-order valence-electron chi connectivity index (χ0n) is 19.2. The number of ether oxygens (including phenoxy) is 2. The van der Waals surface area contributed by atoms with E-state index in [1.807, 2.05) is 0 Å². The summed E-state index contributed by atoms with van der Waals surface area (Å²) in [5.74, 6) is -8.92. The Morgan fingerprint density at radius 2 is 1.54 bits per heavy atom. The Balaban J connectivity index is 1.95. The van der Waals surface area contributed by atoms with Gasteiger partial charge in [-0.3, -0.25) is 4.79 Å². The number of aromatic hydroxyl groups is 7. The SMILES string of the molecule is CCC(=O)Oc1c(O)cc([C@@H]2Oc3cc(O)cc(O)c3CC2c2c(C(=O)O)cc(O)c(O)c2O)cc1O. The number of hydrogen-bond donors (Lipinski definition) is 8. The second-order valence-electron chi connectivity index (χ2n) is 8.37. The summed E-state index contributed by atoms with van der Waals surface area (Å²) in [4.78, 5) is 23.7. The van der Waals surface area contributed by atoms with Crippen LogP contribution in [-0.2, 0) is 11.2 Å². The van der Waals surface area contributed by atoms with Gasteiger partial charge in [0.1, 0.15) is 23.4 Å². The normalized spacial score (nSPS) is 16.5. The highest BCUT2D eigenvalue weighted by Crippen LogP contribution is 2.54. The molecule has 0 aromatic heterocycles. The maximum Gasteiger partial charge on any atom is 0.336 e. The summed E-state index contributed by atoms with van der Waals surface area (Å²) >= 11 is 0. The smallest absolute Gasteiger partial charge is 0.336 e. The van der Waals surface area contributed by atoms with Crippen LogP contribution in [0.4, 0.5) is 0 Å². The van der Waals surface area contributed by atoms with E-state index in [0.717, 1.165) is 24.3 Å². The molecule has 194 valence electrons. The number of phenolic OH excluding ortho intramolecular Hbond substituents is 7. The number of carboxylic acids is 1. The van der Waals surface area contributed by atoms with Crippen molar-refractivity contribution in [3.8, 4) is 51.7 Å². The van der Waals surface area contributed by atoms with Crippen molar-refractivity contribution in [2.24, 2.45) is 0 Å². The first-order chi connectivity index (χ1) is 17.4. The summed E-state index contributed by atoms with van der Waals surface area (Å²) in [6.07, 6.45) is -1.55. The topological polar surface area (TPSA) is 214 Å². The number of esters is 1. The maximum absolute atomic E-state index is 12.0. The van der Waals surface area contributed by atoms with Crippen molar-refractivity contribution in [2.45, 2.75) is 31.8 Å². The van der Waals surface area contributed by atoms with Crippen LogP contribution < -0.4 is 9.47 Å². The first kappa shape index (κ1) is 25.1. The summed E-state index contributed by atoms with van der Waals surface area (Å²) < 4.78 is 10.9. The Morgan fingerprint density at radius 3 is 2.14 bits per heavy atom. The molecule has 0 radical (unpaired) electrons. The minimum Gasteiger partial charge on any atom is -0.508 e. The van der Waals surface area contributed by atoms with E-state index in [1.54, 1.807) is 0 Å². The van der Waals surface area contributed by atoms with Gasteiger partial charge >= 0.3 is 11.9 Å². The van der Waals surface area contributed by atoms with Gasteiger partial charge in [-0.25, -0.2) is 4.79 Å². The van der Waals surface area contributed by atoms with Gasteiger partial charge in [0, 0.05) is 41.2 Å². The molecule has 1 aliphatic heterocycles. The number of carbonyl (C=O) groups is 2. The molecule has 0 aliphatic carbocycles. The zero-order valence-corrected chi connectivity index (χ0v) is 19.2. The van der Waals surface area contributed by atoms with Crippen molar-refractivity contribution in [3.05, 3.63) is 52.6 Å². The first-order valence-electron chi connectivity index (χ1n) is 10.9. The van der Waals surface area contributed by atoms with Crippen LogP contribution in [0, 0.1) is 0 Å². The molecule has 3 aromatic rings. The lowest BCUT2D eigenvalue weighted by molar-refractivity contribution is -0.134. The molecule has 0 saturated heterocycles. The Hall–Kier alpha value is -5.00. The van der Waals surface area contributed by atoms with E-state index in [2.05, 4.69) is 0 Å². The van der Waals surface area contributed by atoms with Gasteiger partial charge in [0.15, 0.2) is 23.0 Å². The molecular weight excluding hydrogens is 492 g/mol. The lowest BCUT2D eigenvalue weighted by atomic mass is 9.79. The van der Waals surface area contributed by atoms with Crippen LogP contribution in [0.1, 0.15) is 52.4 Å². The van der Waals surface area contributed by atoms with Crippen LogP contribution in [0.3, 0.4) is 0 Å². The minimum absolute atomic E-state index is 0.0152. The number of rotatable bonds is 5. The summed E-state index contributed by atoms with van der Waals surface area (Å²) in [5.41, 5.74) is -0.807. The van der Waals surface area contributed by atoms with Crippen LogP contribution >= 0.6 is 0 Å². The van der Waals surface area contributed by atoms with E-state index in [1.165, 1.54) is 13.0 Å². The van der Waals surface area contributed by atoms with Crippen molar-refractivity contribution in [1.82, 2.24) is 0 Å². The second kappa shape index (κ2) is 9.22. The van der Waals surface area contributed by atoms with Crippen molar-refractivity contribution in [1.29, 1.82) is 0 Å². The molecule has 0 bridgehead atoms. The Morgan fingerprint density at radius 1 is 0.892 bits per heavy atom. The molecular formula is C25H22O12. The number of hydrogen-bond acceptors (Lipinski definition) is 11. The molecule has 0 amide bonds. The second-order valence-corrected chi connectivity index (χ2v) is 8.37. The number of carboxylic acid groups (broad SMARTS) is 1. The minimum atomic E-state index is -1.56. The van der Waals surface area contributed by atoms with Crippen LogP contribution in [0.2, 0.25) is 0 Å². The van der Waals surface area contributed by atoms with Crippen LogP contribution in [-0.4, -0.2) is 52.8 Å². The largest absolute Gasteiger partial charge is 0.508 e. The summed E-state index contributed by atoms with van der Waals surface area (Å²) in [5, 5.41) is 81.7. The highest BCUT2D eigenvalue weighted by molar-refractivity contribution is 5.92. The lowest BCUT2D eigenvalue weighted by Crippen LogP contribution is -2.26. The summed E-state index contributed by atoms with van der Waals surface area (Å²) in [7, 11) is 0. The molecule has 12 nitrogen and oxygen atoms in total. The predicted molar refractivity (Wildman–Crippen MR) is 124 cm³/mol. The molecule has 0 spiro atoms. The molecule has 0 fully saturated rings. The van der Waals surface area contributed by atoms with Crippen molar-refractivity contribution < 1.29 is 59.9 Å². The van der Waals surface area contributed by atoms with Gasteiger partial charge in [-0.15, -0.1) is 0 Å². The van der Waals surface area contributed by atoms with Crippen molar-refractivity contribution in [3.63, 3.8) is 0 Å². The third-order valence-corrected chi connectivity index (χ3v) is 6.01. The van der Waals surface area contributed by atoms with Crippen molar-refractivity contribution in [2.75, 3.05) is 0 Å². The van der Waals surface area contributed by atoms with E-state index in [-0.39, 0.29) is 41.0 Å². The van der Waals surface area contributed by atoms with E-state index in [0.29, 0.717) is 0 Å². The monoisotopic (exact) mass is 514 g/mol. The molecule has 1 unspecified atom stereocenters. The molecule has 3 aromatic carbocycles. The number of phenols is 7. The average Bonchev–Trinajstić information content (AvgIpc) is 2.83. The lowest BCUT2D eigenvalue weighted by Gasteiger charge is -2.35. The van der Waals surface area contributed by atoms with Crippen LogP contribution in [0.5, 0.6) is 51.7 Å². The van der Waals surface area contributed by atoms with Gasteiger partial charge in [0.25, 0.3) is 0 Å². The molecule has 0 saturated carbocycles. The van der Waals surface area contributed by atoms with Gasteiger partial charge in [-0.2, -0.15) is 0 Å². The molecule has 1 heterocycles. The van der Waals surface area contributed by atoms with E-state index >= 15 is 0 Å². The van der Waals surface area contributed by atoms with Gasteiger partial charge in [-0.05, 0) is 24.6 Å². The third kappa shape index (κ3) is 4.40. The average molecular weight is 514 g/mol. The molecule has 8 N–H and O–H groups in total. The Bertz CT molecular complexity index is 1400. The molecule has 4 rings (SSSR count). The first-order valence-corrected chi connectivity index (χ1v) is 10.9. The van der Waals surface area contributed by atoms with E-state index in [4.69, 9.17) is 9.47 Å². The van der Waals surface area contributed by atoms with E-state index < -0.39 is 69.8 Å².